The van der Waals surface area contributed by atoms with Crippen LogP contribution in [0.3, 0.4) is 0 Å². The molecule has 3 N–H and O–H groups in total. The number of nitrogen functional groups attached to an aromatic ring is 1. The fraction of sp³-hybridized carbons (Fsp3) is 0.455. The molecule has 82 valence electrons. The van der Waals surface area contributed by atoms with Crippen LogP contribution in [0.15, 0.2) is 12.1 Å². The van der Waals surface area contributed by atoms with Gasteiger partial charge < -0.3 is 11.1 Å². The van der Waals surface area contributed by atoms with E-state index >= 15 is 0 Å². The van der Waals surface area contributed by atoms with Gasteiger partial charge in [-0.1, -0.05) is 18.0 Å². The number of nitrogens with one attached hydrogen (secondary N) is 1. The van der Waals surface area contributed by atoms with E-state index in [4.69, 9.17) is 17.3 Å². The number of benzene rings is 1. The molecule has 1 fully saturated rings. The van der Waals surface area contributed by atoms with Crippen LogP contribution in [0.2, 0.25) is 5.02 Å². The van der Waals surface area contributed by atoms with Crippen LogP contribution in [-0.4, -0.2) is 6.54 Å². The first-order chi connectivity index (χ1) is 7.16. The van der Waals surface area contributed by atoms with Crippen molar-refractivity contribution in [2.75, 3.05) is 17.6 Å². The molecule has 0 radical (unpaired) electrons. The Labute approximate surface area is 93.6 Å². The molecule has 0 aromatic heterocycles. The number of halogens is 2. The van der Waals surface area contributed by atoms with E-state index in [0.29, 0.717) is 17.3 Å². The standard InChI is InChI=1S/C11H14ClFN2/c12-8-4-10(14)11(5-9(8)13)15-6-7-2-1-3-7/h4-5,7,15H,1-3,6,14H2. The fourth-order valence-electron chi connectivity index (χ4n) is 1.67. The highest BCUT2D eigenvalue weighted by Crippen LogP contribution is 2.29. The van der Waals surface area contributed by atoms with E-state index in [1.807, 2.05) is 0 Å². The Balaban J connectivity index is 2.03. The van der Waals surface area contributed by atoms with Gasteiger partial charge in [-0.25, -0.2) is 4.39 Å². The average Bonchev–Trinajstić information content (AvgIpc) is 2.11. The first-order valence-corrected chi connectivity index (χ1v) is 5.53. The van der Waals surface area contributed by atoms with Gasteiger partial charge in [0.25, 0.3) is 0 Å². The van der Waals surface area contributed by atoms with E-state index in [9.17, 15) is 4.39 Å². The molecule has 4 heteroatoms. The van der Waals surface area contributed by atoms with Gasteiger partial charge in [0.05, 0.1) is 16.4 Å². The minimum Gasteiger partial charge on any atom is -0.397 e. The van der Waals surface area contributed by atoms with Crippen molar-refractivity contribution in [2.24, 2.45) is 5.92 Å². The van der Waals surface area contributed by atoms with Crippen LogP contribution >= 0.6 is 11.6 Å². The van der Waals surface area contributed by atoms with Crippen molar-refractivity contribution in [1.82, 2.24) is 0 Å². The topological polar surface area (TPSA) is 38.0 Å². The first kappa shape index (κ1) is 10.6. The molecular weight excluding hydrogens is 215 g/mol. The lowest BCUT2D eigenvalue weighted by atomic mass is 9.85. The molecule has 1 aliphatic rings. The predicted octanol–water partition coefficient (Wildman–Crippen LogP) is 3.27. The molecule has 2 nitrogen and oxygen atoms in total. The summed E-state index contributed by atoms with van der Waals surface area (Å²) in [4.78, 5) is 0. The zero-order valence-corrected chi connectivity index (χ0v) is 9.15. The van der Waals surface area contributed by atoms with Crippen molar-refractivity contribution in [3.63, 3.8) is 0 Å². The number of anilines is 2. The summed E-state index contributed by atoms with van der Waals surface area (Å²) in [6.07, 6.45) is 3.81. The molecule has 0 heterocycles. The van der Waals surface area contributed by atoms with E-state index in [-0.39, 0.29) is 5.02 Å². The van der Waals surface area contributed by atoms with Gasteiger partial charge >= 0.3 is 0 Å². The lowest BCUT2D eigenvalue weighted by Gasteiger charge is -2.26. The molecule has 1 aromatic carbocycles. The molecule has 2 rings (SSSR count). The Hall–Kier alpha value is -0.960. The highest BCUT2D eigenvalue weighted by atomic mass is 35.5. The summed E-state index contributed by atoms with van der Waals surface area (Å²) in [6.45, 7) is 0.866. The molecule has 1 saturated carbocycles. The van der Waals surface area contributed by atoms with Crippen LogP contribution in [0.25, 0.3) is 0 Å². The maximum absolute atomic E-state index is 13.2. The van der Waals surface area contributed by atoms with Crippen LogP contribution in [0.4, 0.5) is 15.8 Å². The van der Waals surface area contributed by atoms with Crippen LogP contribution < -0.4 is 11.1 Å². The number of hydrogen-bond acceptors (Lipinski definition) is 2. The predicted molar refractivity (Wildman–Crippen MR) is 61.7 cm³/mol. The summed E-state index contributed by atoms with van der Waals surface area (Å²) in [5.74, 6) is 0.283. The number of nitrogens with two attached hydrogens (primary N) is 1. The van der Waals surface area contributed by atoms with Gasteiger partial charge in [0.2, 0.25) is 0 Å². The Morgan fingerprint density at radius 3 is 2.80 bits per heavy atom. The normalized spacial score (nSPS) is 16.1. The highest BCUT2D eigenvalue weighted by Gasteiger charge is 2.17. The minimum absolute atomic E-state index is 0.0710. The summed E-state index contributed by atoms with van der Waals surface area (Å²) in [6, 6.07) is 2.80. The smallest absolute Gasteiger partial charge is 0.143 e. The van der Waals surface area contributed by atoms with Gasteiger partial charge in [0.15, 0.2) is 0 Å². The molecule has 15 heavy (non-hydrogen) atoms. The monoisotopic (exact) mass is 228 g/mol. The van der Waals surface area contributed by atoms with Crippen LogP contribution in [-0.2, 0) is 0 Å². The molecule has 0 bridgehead atoms. The summed E-state index contributed by atoms with van der Waals surface area (Å²) < 4.78 is 13.2. The molecule has 0 amide bonds. The molecule has 0 unspecified atom stereocenters. The summed E-state index contributed by atoms with van der Waals surface area (Å²) in [5.41, 5.74) is 6.87. The van der Waals surface area contributed by atoms with Gasteiger partial charge in [0, 0.05) is 12.6 Å². The summed E-state index contributed by atoms with van der Waals surface area (Å²) in [5, 5.41) is 3.23. The van der Waals surface area contributed by atoms with Gasteiger partial charge in [-0.3, -0.25) is 0 Å². The molecule has 0 atom stereocenters. The van der Waals surface area contributed by atoms with Gasteiger partial charge in [-0.05, 0) is 24.8 Å². The van der Waals surface area contributed by atoms with Crippen molar-refractivity contribution >= 4 is 23.0 Å². The molecule has 1 aromatic rings. The number of rotatable bonds is 3. The van der Waals surface area contributed by atoms with E-state index in [1.54, 1.807) is 0 Å². The second-order valence-corrected chi connectivity index (χ2v) is 4.44. The van der Waals surface area contributed by atoms with Gasteiger partial charge in [0.1, 0.15) is 5.82 Å². The third kappa shape index (κ3) is 2.34. The molecule has 0 saturated heterocycles. The van der Waals surface area contributed by atoms with Crippen molar-refractivity contribution in [2.45, 2.75) is 19.3 Å². The Morgan fingerprint density at radius 2 is 2.20 bits per heavy atom. The molecule has 0 spiro atoms. The van der Waals surface area contributed by atoms with Gasteiger partial charge in [-0.15, -0.1) is 0 Å². The zero-order chi connectivity index (χ0) is 10.8. The van der Waals surface area contributed by atoms with Crippen molar-refractivity contribution in [1.29, 1.82) is 0 Å². The van der Waals surface area contributed by atoms with Crippen molar-refractivity contribution in [3.05, 3.63) is 23.0 Å². The third-order valence-corrected chi connectivity index (χ3v) is 3.19. The third-order valence-electron chi connectivity index (χ3n) is 2.90. The molecule has 1 aliphatic carbocycles. The first-order valence-electron chi connectivity index (χ1n) is 5.15. The Kier molecular flexibility index (Phi) is 3.00. The second-order valence-electron chi connectivity index (χ2n) is 4.03. The van der Waals surface area contributed by atoms with E-state index < -0.39 is 5.82 Å². The van der Waals surface area contributed by atoms with Crippen LogP contribution in [0.1, 0.15) is 19.3 Å². The maximum atomic E-state index is 13.2. The maximum Gasteiger partial charge on any atom is 0.143 e. The van der Waals surface area contributed by atoms with E-state index in [1.165, 1.54) is 31.4 Å². The zero-order valence-electron chi connectivity index (χ0n) is 8.39. The van der Waals surface area contributed by atoms with Gasteiger partial charge in [-0.2, -0.15) is 0 Å². The minimum atomic E-state index is -0.429. The SMILES string of the molecule is Nc1cc(Cl)c(F)cc1NCC1CCC1. The van der Waals surface area contributed by atoms with E-state index in [2.05, 4.69) is 5.32 Å². The summed E-state index contributed by atoms with van der Waals surface area (Å²) >= 11 is 5.60. The lowest BCUT2D eigenvalue weighted by molar-refractivity contribution is 0.333. The Bertz CT molecular complexity index is 364. The van der Waals surface area contributed by atoms with Crippen LogP contribution in [0.5, 0.6) is 0 Å². The quantitative estimate of drug-likeness (QED) is 0.780. The van der Waals surface area contributed by atoms with E-state index in [0.717, 1.165) is 6.54 Å². The lowest BCUT2D eigenvalue weighted by Crippen LogP contribution is -2.21. The largest absolute Gasteiger partial charge is 0.397 e. The van der Waals surface area contributed by atoms with Crippen molar-refractivity contribution in [3.8, 4) is 0 Å². The second kappa shape index (κ2) is 4.27. The summed E-state index contributed by atoms with van der Waals surface area (Å²) in [7, 11) is 0. The fourth-order valence-corrected chi connectivity index (χ4v) is 1.84. The highest BCUT2D eigenvalue weighted by molar-refractivity contribution is 6.31. The average molecular weight is 229 g/mol. The van der Waals surface area contributed by atoms with Crippen molar-refractivity contribution < 1.29 is 4.39 Å². The molecular formula is C11H14ClFN2. The number of hydrogen-bond donors (Lipinski definition) is 2. The van der Waals surface area contributed by atoms with Crippen LogP contribution in [0, 0.1) is 11.7 Å². The molecule has 0 aliphatic heterocycles. The Morgan fingerprint density at radius 1 is 1.47 bits per heavy atom.